The van der Waals surface area contributed by atoms with Crippen LogP contribution < -0.4 is 0 Å². The topological polar surface area (TPSA) is 12.5 Å². The van der Waals surface area contributed by atoms with Crippen molar-refractivity contribution in [3.05, 3.63) is 0 Å². The first kappa shape index (κ1) is 16.4. The van der Waals surface area contributed by atoms with Crippen LogP contribution in [-0.4, -0.2) is 36.7 Å². The fourth-order valence-corrected chi connectivity index (χ4v) is 1.48. The Morgan fingerprint density at radius 1 is 1.14 bits per heavy atom. The quantitative estimate of drug-likeness (QED) is 0.649. The molecule has 1 heterocycles. The molecule has 0 bridgehead atoms. The minimum atomic E-state index is 0.257. The number of hydrogen-bond acceptors (Lipinski definition) is 2. The zero-order valence-corrected chi connectivity index (χ0v) is 11.2. The molecule has 2 nitrogen and oxygen atoms in total. The number of hydrogen-bond donors (Lipinski definition) is 0. The molecule has 0 N–H and O–H groups in total. The zero-order valence-electron chi connectivity index (χ0n) is 11.2. The summed E-state index contributed by atoms with van der Waals surface area (Å²) in [6, 6.07) is 0. The minimum Gasteiger partial charge on any atom is -0.378 e. The van der Waals surface area contributed by atoms with Crippen LogP contribution in [0.15, 0.2) is 0 Å². The molecule has 0 unspecified atom stereocenters. The van der Waals surface area contributed by atoms with Crippen molar-refractivity contribution in [1.82, 2.24) is 4.90 Å². The molecular weight excluding hydrogens is 174 g/mol. The Kier molecular flexibility index (Phi) is 11.1. The van der Waals surface area contributed by atoms with Gasteiger partial charge in [0.15, 0.2) is 0 Å². The molecule has 0 atom stereocenters. The molecule has 0 saturated carbocycles. The third kappa shape index (κ3) is 5.61. The van der Waals surface area contributed by atoms with Crippen molar-refractivity contribution < 1.29 is 4.74 Å². The van der Waals surface area contributed by atoms with Crippen molar-refractivity contribution in [1.29, 1.82) is 0 Å². The van der Waals surface area contributed by atoms with Crippen LogP contribution in [0.25, 0.3) is 0 Å². The van der Waals surface area contributed by atoms with Crippen LogP contribution in [0.4, 0.5) is 0 Å². The number of ether oxygens (including phenoxy) is 1. The molecule has 1 aliphatic rings. The number of morpholine rings is 1. The summed E-state index contributed by atoms with van der Waals surface area (Å²) in [5.41, 5.74) is 0.257. The minimum absolute atomic E-state index is 0.257. The van der Waals surface area contributed by atoms with Gasteiger partial charge in [0.05, 0.1) is 13.2 Å². The first-order valence-corrected chi connectivity index (χ1v) is 5.99. The Morgan fingerprint density at radius 2 is 1.64 bits per heavy atom. The molecule has 0 aromatic heterocycles. The van der Waals surface area contributed by atoms with Gasteiger partial charge < -0.3 is 4.74 Å². The van der Waals surface area contributed by atoms with Gasteiger partial charge in [0.2, 0.25) is 0 Å². The molecule has 88 valence electrons. The van der Waals surface area contributed by atoms with Crippen molar-refractivity contribution in [3.8, 4) is 0 Å². The van der Waals surface area contributed by atoms with Crippen LogP contribution in [0.5, 0.6) is 0 Å². The largest absolute Gasteiger partial charge is 0.378 e. The van der Waals surface area contributed by atoms with Crippen LogP contribution in [0.1, 0.15) is 48.5 Å². The fourth-order valence-electron chi connectivity index (χ4n) is 1.48. The van der Waals surface area contributed by atoms with Gasteiger partial charge in [-0.1, -0.05) is 34.6 Å². The van der Waals surface area contributed by atoms with E-state index in [2.05, 4.69) is 25.7 Å². The summed E-state index contributed by atoms with van der Waals surface area (Å²) < 4.78 is 5.38. The summed E-state index contributed by atoms with van der Waals surface area (Å²) in [5.74, 6) is 0. The summed E-state index contributed by atoms with van der Waals surface area (Å²) in [6.07, 6.45) is 0. The second kappa shape index (κ2) is 9.47. The molecule has 0 amide bonds. The van der Waals surface area contributed by atoms with Gasteiger partial charge >= 0.3 is 0 Å². The van der Waals surface area contributed by atoms with E-state index in [9.17, 15) is 0 Å². The second-order valence-corrected chi connectivity index (χ2v) is 3.44. The van der Waals surface area contributed by atoms with Gasteiger partial charge in [-0.25, -0.2) is 0 Å². The van der Waals surface area contributed by atoms with Crippen LogP contribution in [0.3, 0.4) is 0 Å². The molecule has 1 fully saturated rings. The number of likely N-dealkylation sites (N-methyl/N-ethyl adjacent to an activating group) is 1. The average molecular weight is 203 g/mol. The van der Waals surface area contributed by atoms with E-state index in [1.165, 1.54) is 0 Å². The van der Waals surface area contributed by atoms with Gasteiger partial charge in [0, 0.05) is 12.1 Å². The molecule has 0 radical (unpaired) electrons. The van der Waals surface area contributed by atoms with Crippen molar-refractivity contribution in [2.24, 2.45) is 0 Å². The summed E-state index contributed by atoms with van der Waals surface area (Å²) in [4.78, 5) is 2.45. The van der Waals surface area contributed by atoms with Crippen molar-refractivity contribution in [3.63, 3.8) is 0 Å². The Labute approximate surface area is 90.6 Å². The Hall–Kier alpha value is -0.0800. The molecule has 0 aromatic rings. The van der Waals surface area contributed by atoms with Crippen molar-refractivity contribution in [2.75, 3.05) is 26.3 Å². The van der Waals surface area contributed by atoms with Gasteiger partial charge in [-0.05, 0) is 20.4 Å². The van der Waals surface area contributed by atoms with Gasteiger partial charge in [-0.2, -0.15) is 0 Å². The number of rotatable bonds is 1. The van der Waals surface area contributed by atoms with E-state index in [-0.39, 0.29) is 5.54 Å². The highest BCUT2D eigenvalue weighted by molar-refractivity contribution is 4.83. The maximum atomic E-state index is 5.38. The fraction of sp³-hybridized carbons (Fsp3) is 1.00. The van der Waals surface area contributed by atoms with E-state index >= 15 is 0 Å². The van der Waals surface area contributed by atoms with Crippen LogP contribution in [-0.2, 0) is 4.74 Å². The van der Waals surface area contributed by atoms with Crippen molar-refractivity contribution in [2.45, 2.75) is 54.0 Å². The van der Waals surface area contributed by atoms with E-state index in [1.54, 1.807) is 0 Å². The molecule has 2 heteroatoms. The third-order valence-corrected chi connectivity index (χ3v) is 2.20. The lowest BCUT2D eigenvalue weighted by molar-refractivity contribution is -0.0481. The average Bonchev–Trinajstić information content (AvgIpc) is 2.23. The predicted molar refractivity (Wildman–Crippen MR) is 64.8 cm³/mol. The van der Waals surface area contributed by atoms with Gasteiger partial charge in [-0.15, -0.1) is 0 Å². The number of nitrogens with zero attached hydrogens (tertiary/aromatic N) is 1. The maximum absolute atomic E-state index is 5.38. The lowest BCUT2D eigenvalue weighted by Gasteiger charge is -2.41. The van der Waals surface area contributed by atoms with Crippen molar-refractivity contribution >= 4 is 0 Å². The Morgan fingerprint density at radius 3 is 1.93 bits per heavy atom. The maximum Gasteiger partial charge on any atom is 0.0645 e. The Balaban J connectivity index is 0. The summed E-state index contributed by atoms with van der Waals surface area (Å²) >= 11 is 0. The molecule has 1 rings (SSSR count). The van der Waals surface area contributed by atoms with E-state index in [4.69, 9.17) is 4.74 Å². The van der Waals surface area contributed by atoms with Gasteiger partial charge in [0.1, 0.15) is 0 Å². The molecular formula is C12H29NO. The van der Waals surface area contributed by atoms with E-state index in [0.717, 1.165) is 26.3 Å². The lowest BCUT2D eigenvalue weighted by Crippen LogP contribution is -2.52. The predicted octanol–water partition coefficient (Wildman–Crippen LogP) is 3.17. The molecule has 0 aromatic carbocycles. The molecule has 14 heavy (non-hydrogen) atoms. The highest BCUT2D eigenvalue weighted by Crippen LogP contribution is 2.17. The summed E-state index contributed by atoms with van der Waals surface area (Å²) in [6.45, 7) is 18.7. The first-order valence-electron chi connectivity index (χ1n) is 5.99. The van der Waals surface area contributed by atoms with Crippen LogP contribution in [0.2, 0.25) is 0 Å². The SMILES string of the molecule is CC.CC.CCN1CCOCC1(C)C. The second-order valence-electron chi connectivity index (χ2n) is 3.44. The highest BCUT2D eigenvalue weighted by Gasteiger charge is 2.28. The van der Waals surface area contributed by atoms with Gasteiger partial charge in [-0.3, -0.25) is 4.90 Å². The van der Waals surface area contributed by atoms with Gasteiger partial charge in [0.25, 0.3) is 0 Å². The zero-order chi connectivity index (χ0) is 11.6. The van der Waals surface area contributed by atoms with Crippen LogP contribution in [0, 0.1) is 0 Å². The molecule has 1 aliphatic heterocycles. The van der Waals surface area contributed by atoms with E-state index in [0.29, 0.717) is 0 Å². The highest BCUT2D eigenvalue weighted by atomic mass is 16.5. The standard InChI is InChI=1S/C8H17NO.2C2H6/c1-4-9-5-6-10-7-8(9,2)3;2*1-2/h4-7H2,1-3H3;2*1-2H3. The van der Waals surface area contributed by atoms with Crippen LogP contribution >= 0.6 is 0 Å². The van der Waals surface area contributed by atoms with E-state index in [1.807, 2.05) is 27.7 Å². The van der Waals surface area contributed by atoms with E-state index < -0.39 is 0 Å². The normalized spacial score (nSPS) is 19.9. The first-order chi connectivity index (χ1) is 6.67. The molecule has 0 aliphatic carbocycles. The molecule has 0 spiro atoms. The third-order valence-electron chi connectivity index (χ3n) is 2.20. The smallest absolute Gasteiger partial charge is 0.0645 e. The monoisotopic (exact) mass is 203 g/mol. The Bertz CT molecular complexity index is 113. The molecule has 1 saturated heterocycles. The summed E-state index contributed by atoms with van der Waals surface area (Å²) in [7, 11) is 0. The summed E-state index contributed by atoms with van der Waals surface area (Å²) in [5, 5.41) is 0. The lowest BCUT2D eigenvalue weighted by atomic mass is 10.0.